The molecule has 1 aromatic carbocycles. The zero-order chi connectivity index (χ0) is 15.2. The second-order valence-corrected chi connectivity index (χ2v) is 6.58. The first-order valence-electron chi connectivity index (χ1n) is 8.09. The topological polar surface area (TPSA) is 19.7 Å². The van der Waals surface area contributed by atoms with Crippen molar-refractivity contribution in [3.63, 3.8) is 0 Å². The molecule has 0 atom stereocenters. The molecule has 1 fully saturated rings. The third kappa shape index (κ3) is 4.68. The maximum atomic E-state index is 5.55. The van der Waals surface area contributed by atoms with E-state index in [0.29, 0.717) is 5.92 Å². The summed E-state index contributed by atoms with van der Waals surface area (Å²) in [7, 11) is 0. The maximum Gasteiger partial charge on any atom is 0.173 e. The van der Waals surface area contributed by atoms with Crippen molar-refractivity contribution >= 4 is 23.0 Å². The van der Waals surface area contributed by atoms with Gasteiger partial charge in [-0.25, -0.2) is 0 Å². The van der Waals surface area contributed by atoms with E-state index in [2.05, 4.69) is 55.3 Å². The molecule has 1 aliphatic heterocycles. The fourth-order valence-electron chi connectivity index (χ4n) is 2.78. The summed E-state index contributed by atoms with van der Waals surface area (Å²) in [6.07, 6.45) is 1.26. The van der Waals surface area contributed by atoms with Crippen molar-refractivity contribution in [2.45, 2.75) is 33.1 Å². The van der Waals surface area contributed by atoms with Gasteiger partial charge in [-0.3, -0.25) is 0 Å². The predicted octanol–water partition coefficient (Wildman–Crippen LogP) is 2.12. The summed E-state index contributed by atoms with van der Waals surface area (Å²) in [4.78, 5) is 4.00. The monoisotopic (exact) mass is 306 g/mol. The molecule has 1 aliphatic rings. The van der Waals surface area contributed by atoms with Crippen LogP contribution in [0.4, 0.5) is 5.69 Å². The Kier molecular flexibility index (Phi) is 6.00. The van der Waals surface area contributed by atoms with Crippen LogP contribution in [0, 0.1) is 0 Å². The quantitative estimate of drug-likeness (QED) is 0.832. The maximum absolute atomic E-state index is 5.55. The van der Waals surface area contributed by atoms with E-state index >= 15 is 0 Å². The summed E-state index contributed by atoms with van der Waals surface area (Å²) < 4.78 is 0. The normalized spacial score (nSPS) is 16.3. The number of nitrogens with one attached hydrogen (secondary N) is 2. The molecule has 4 heteroatoms. The van der Waals surface area contributed by atoms with Crippen molar-refractivity contribution in [1.29, 1.82) is 0 Å². The lowest BCUT2D eigenvalue weighted by atomic mass is 10.0. The number of hydrogen-bond donors (Lipinski definition) is 2. The number of nitrogens with zero attached hydrogens (tertiary/aromatic N) is 1. The molecular formula is C17H28N3S+. The van der Waals surface area contributed by atoms with Crippen LogP contribution in [-0.2, 0) is 0 Å². The fourth-order valence-corrected chi connectivity index (χ4v) is 3.08. The number of rotatable bonds is 4. The number of benzene rings is 1. The molecule has 1 heterocycles. The molecular weight excluding hydrogens is 278 g/mol. The van der Waals surface area contributed by atoms with Crippen LogP contribution >= 0.6 is 12.2 Å². The fraction of sp³-hybridized carbons (Fsp3) is 0.588. The Morgan fingerprint density at radius 2 is 1.86 bits per heavy atom. The SMILES string of the molecule is CCC[NH+]1CCN(C(=S)Nc2ccc(C(C)C)cc2)CC1. The van der Waals surface area contributed by atoms with Crippen molar-refractivity contribution in [2.24, 2.45) is 0 Å². The van der Waals surface area contributed by atoms with Gasteiger partial charge < -0.3 is 15.1 Å². The number of piperazine rings is 1. The molecule has 116 valence electrons. The van der Waals surface area contributed by atoms with Gasteiger partial charge in [-0.2, -0.15) is 0 Å². The first kappa shape index (κ1) is 16.2. The first-order chi connectivity index (χ1) is 10.1. The molecule has 0 amide bonds. The summed E-state index contributed by atoms with van der Waals surface area (Å²) in [5.74, 6) is 0.570. The molecule has 2 rings (SSSR count). The third-order valence-corrected chi connectivity index (χ3v) is 4.55. The molecule has 3 nitrogen and oxygen atoms in total. The van der Waals surface area contributed by atoms with E-state index in [0.717, 1.165) is 23.9 Å². The summed E-state index contributed by atoms with van der Waals surface area (Å²) in [5, 5.41) is 4.24. The number of thiocarbonyl (C=S) groups is 1. The van der Waals surface area contributed by atoms with Gasteiger partial charge >= 0.3 is 0 Å². The largest absolute Gasteiger partial charge is 0.338 e. The van der Waals surface area contributed by atoms with Crippen LogP contribution < -0.4 is 10.2 Å². The van der Waals surface area contributed by atoms with E-state index in [4.69, 9.17) is 12.2 Å². The molecule has 1 aromatic rings. The molecule has 0 spiro atoms. The Labute approximate surface area is 134 Å². The van der Waals surface area contributed by atoms with Crippen LogP contribution in [0.15, 0.2) is 24.3 Å². The van der Waals surface area contributed by atoms with Crippen molar-refractivity contribution in [1.82, 2.24) is 4.90 Å². The van der Waals surface area contributed by atoms with Crippen molar-refractivity contribution in [3.8, 4) is 0 Å². The molecule has 1 saturated heterocycles. The lowest BCUT2D eigenvalue weighted by Crippen LogP contribution is -3.14. The van der Waals surface area contributed by atoms with Crippen molar-refractivity contribution < 1.29 is 4.90 Å². The van der Waals surface area contributed by atoms with Gasteiger partial charge in [-0.1, -0.05) is 32.9 Å². The van der Waals surface area contributed by atoms with Gasteiger partial charge in [-0.15, -0.1) is 0 Å². The number of hydrogen-bond acceptors (Lipinski definition) is 1. The van der Waals surface area contributed by atoms with Crippen LogP contribution in [-0.4, -0.2) is 42.7 Å². The first-order valence-corrected chi connectivity index (χ1v) is 8.50. The average Bonchev–Trinajstić information content (AvgIpc) is 2.49. The van der Waals surface area contributed by atoms with Gasteiger partial charge in [0.2, 0.25) is 0 Å². The molecule has 2 N–H and O–H groups in total. The van der Waals surface area contributed by atoms with Gasteiger partial charge in [0.05, 0.1) is 32.7 Å². The Morgan fingerprint density at radius 3 is 2.38 bits per heavy atom. The second kappa shape index (κ2) is 7.76. The van der Waals surface area contributed by atoms with Crippen LogP contribution in [0.25, 0.3) is 0 Å². The molecule has 0 bridgehead atoms. The number of anilines is 1. The summed E-state index contributed by atoms with van der Waals surface area (Å²) >= 11 is 5.55. The van der Waals surface area contributed by atoms with E-state index < -0.39 is 0 Å². The summed E-state index contributed by atoms with van der Waals surface area (Å²) in [6.45, 7) is 12.5. The van der Waals surface area contributed by atoms with Crippen molar-refractivity contribution in [2.75, 3.05) is 38.0 Å². The Bertz CT molecular complexity index is 448. The molecule has 0 saturated carbocycles. The van der Waals surface area contributed by atoms with E-state index in [-0.39, 0.29) is 0 Å². The van der Waals surface area contributed by atoms with Gasteiger partial charge in [0.1, 0.15) is 0 Å². The highest BCUT2D eigenvalue weighted by atomic mass is 32.1. The predicted molar refractivity (Wildman–Crippen MR) is 94.2 cm³/mol. The average molecular weight is 306 g/mol. The lowest BCUT2D eigenvalue weighted by molar-refractivity contribution is -0.903. The highest BCUT2D eigenvalue weighted by molar-refractivity contribution is 7.80. The molecule has 0 radical (unpaired) electrons. The summed E-state index contributed by atoms with van der Waals surface area (Å²) in [5.41, 5.74) is 2.45. The van der Waals surface area contributed by atoms with Crippen LogP contribution in [0.5, 0.6) is 0 Å². The minimum atomic E-state index is 0.570. The van der Waals surface area contributed by atoms with Gasteiger partial charge in [0, 0.05) is 5.69 Å². The zero-order valence-electron chi connectivity index (χ0n) is 13.5. The van der Waals surface area contributed by atoms with E-state index in [1.807, 2.05) is 0 Å². The van der Waals surface area contributed by atoms with Gasteiger partial charge in [0.15, 0.2) is 5.11 Å². The Hall–Kier alpha value is -1.13. The standard InChI is InChI=1S/C17H27N3S/c1-4-9-19-10-12-20(13-11-19)17(21)18-16-7-5-15(6-8-16)14(2)3/h5-8,14H,4,9-13H2,1-3H3,(H,18,21)/p+1. The van der Waals surface area contributed by atoms with Crippen LogP contribution in [0.3, 0.4) is 0 Å². The lowest BCUT2D eigenvalue weighted by Gasteiger charge is -2.33. The van der Waals surface area contributed by atoms with E-state index in [9.17, 15) is 0 Å². The Balaban J connectivity index is 1.84. The minimum absolute atomic E-state index is 0.570. The highest BCUT2D eigenvalue weighted by Crippen LogP contribution is 2.17. The zero-order valence-corrected chi connectivity index (χ0v) is 14.3. The van der Waals surface area contributed by atoms with Crippen molar-refractivity contribution in [3.05, 3.63) is 29.8 Å². The van der Waals surface area contributed by atoms with E-state index in [1.54, 1.807) is 4.90 Å². The Morgan fingerprint density at radius 1 is 1.24 bits per heavy atom. The second-order valence-electron chi connectivity index (χ2n) is 6.19. The van der Waals surface area contributed by atoms with Gasteiger partial charge in [-0.05, 0) is 42.3 Å². The molecule has 0 unspecified atom stereocenters. The van der Waals surface area contributed by atoms with E-state index in [1.165, 1.54) is 31.6 Å². The van der Waals surface area contributed by atoms with Crippen LogP contribution in [0.1, 0.15) is 38.7 Å². The smallest absolute Gasteiger partial charge is 0.173 e. The third-order valence-electron chi connectivity index (χ3n) is 4.19. The molecule has 0 aromatic heterocycles. The van der Waals surface area contributed by atoms with Crippen LogP contribution in [0.2, 0.25) is 0 Å². The number of quaternary nitrogens is 1. The summed E-state index contributed by atoms with van der Waals surface area (Å²) in [6, 6.07) is 8.61. The van der Waals surface area contributed by atoms with Gasteiger partial charge in [0.25, 0.3) is 0 Å². The highest BCUT2D eigenvalue weighted by Gasteiger charge is 2.20. The minimum Gasteiger partial charge on any atom is -0.338 e. The molecule has 0 aliphatic carbocycles. The molecule has 21 heavy (non-hydrogen) atoms.